The van der Waals surface area contributed by atoms with Crippen molar-refractivity contribution < 1.29 is 8.42 Å². The van der Waals surface area contributed by atoms with Gasteiger partial charge in [-0.25, -0.2) is 13.4 Å². The van der Waals surface area contributed by atoms with Crippen molar-refractivity contribution in [3.8, 4) is 0 Å². The van der Waals surface area contributed by atoms with Crippen molar-refractivity contribution in [2.75, 3.05) is 11.3 Å². The highest BCUT2D eigenvalue weighted by Crippen LogP contribution is 2.29. The second-order valence-electron chi connectivity index (χ2n) is 4.73. The molecule has 0 radical (unpaired) electrons. The zero-order valence-corrected chi connectivity index (χ0v) is 14.7. The van der Waals surface area contributed by atoms with Crippen molar-refractivity contribution in [3.63, 3.8) is 0 Å². The average molecular weight is 346 g/mol. The molecule has 21 heavy (non-hydrogen) atoms. The number of sulfonamides is 1. The number of hydrogen-bond donors (Lipinski definition) is 2. The van der Waals surface area contributed by atoms with Crippen molar-refractivity contribution >= 4 is 37.8 Å². The molecule has 0 spiro atoms. The highest BCUT2D eigenvalue weighted by atomic mass is 32.2. The number of nitrogens with one attached hydrogen (secondary N) is 2. The number of aromatic nitrogens is 1. The van der Waals surface area contributed by atoms with Crippen LogP contribution in [-0.2, 0) is 16.6 Å². The number of nitrogens with zero attached hydrogens (tertiary/aromatic N) is 1. The van der Waals surface area contributed by atoms with Gasteiger partial charge in [0.2, 0.25) is 0 Å². The number of aryl methyl sites for hydroxylation is 2. The van der Waals surface area contributed by atoms with Gasteiger partial charge in [0.25, 0.3) is 10.0 Å². The van der Waals surface area contributed by atoms with Crippen LogP contribution in [0.2, 0.25) is 0 Å². The molecule has 0 fully saturated rings. The summed E-state index contributed by atoms with van der Waals surface area (Å²) in [7, 11) is -3.59. The summed E-state index contributed by atoms with van der Waals surface area (Å²) in [4.78, 5) is 6.25. The molecule has 0 amide bonds. The van der Waals surface area contributed by atoms with Gasteiger partial charge < -0.3 is 5.32 Å². The van der Waals surface area contributed by atoms with E-state index in [9.17, 15) is 8.42 Å². The Morgan fingerprint density at radius 1 is 1.33 bits per heavy atom. The predicted octanol–water partition coefficient (Wildman–Crippen LogP) is 3.12. The molecule has 0 aliphatic carbocycles. The molecular weight excluding hydrogens is 326 g/mol. The van der Waals surface area contributed by atoms with Gasteiger partial charge in [0.1, 0.15) is 4.90 Å². The first-order valence-corrected chi connectivity index (χ1v) is 9.85. The van der Waals surface area contributed by atoms with E-state index in [0.29, 0.717) is 16.6 Å². The minimum Gasteiger partial charge on any atom is -0.312 e. The van der Waals surface area contributed by atoms with E-state index >= 15 is 0 Å². The zero-order chi connectivity index (χ0) is 15.5. The van der Waals surface area contributed by atoms with Crippen LogP contribution in [0.5, 0.6) is 0 Å². The van der Waals surface area contributed by atoms with Crippen LogP contribution < -0.4 is 10.0 Å². The van der Waals surface area contributed by atoms with Gasteiger partial charge in [0.05, 0.1) is 0 Å². The number of hydrogen-bond acceptors (Lipinski definition) is 6. The third kappa shape index (κ3) is 4.03. The molecule has 0 aliphatic heterocycles. The summed E-state index contributed by atoms with van der Waals surface area (Å²) in [5, 5.41) is 5.54. The Morgan fingerprint density at radius 2 is 2.10 bits per heavy atom. The van der Waals surface area contributed by atoms with E-state index in [1.54, 1.807) is 6.20 Å². The highest BCUT2D eigenvalue weighted by Gasteiger charge is 2.23. The van der Waals surface area contributed by atoms with Gasteiger partial charge >= 0.3 is 0 Å². The fraction of sp³-hybridized carbons (Fsp3) is 0.462. The van der Waals surface area contributed by atoms with Gasteiger partial charge in [-0.1, -0.05) is 6.92 Å². The summed E-state index contributed by atoms with van der Waals surface area (Å²) in [5.41, 5.74) is 0.772. The van der Waals surface area contributed by atoms with E-state index in [1.807, 2.05) is 19.2 Å². The summed E-state index contributed by atoms with van der Waals surface area (Å²) in [6, 6.07) is 0. The Labute approximate surface area is 133 Å². The lowest BCUT2D eigenvalue weighted by atomic mass is 10.3. The maximum atomic E-state index is 12.6. The minimum atomic E-state index is -3.59. The second kappa shape index (κ2) is 6.87. The normalized spacial score (nSPS) is 11.8. The Balaban J connectivity index is 2.24. The minimum absolute atomic E-state index is 0.379. The summed E-state index contributed by atoms with van der Waals surface area (Å²) in [6.45, 7) is 7.23. The first-order chi connectivity index (χ1) is 9.94. The van der Waals surface area contributed by atoms with Crippen LogP contribution in [0, 0.1) is 13.8 Å². The maximum Gasteiger partial charge on any atom is 0.265 e. The van der Waals surface area contributed by atoms with Crippen LogP contribution in [-0.4, -0.2) is 19.9 Å². The van der Waals surface area contributed by atoms with Crippen molar-refractivity contribution in [1.29, 1.82) is 0 Å². The van der Waals surface area contributed by atoms with Crippen molar-refractivity contribution in [1.82, 2.24) is 10.3 Å². The third-order valence-electron chi connectivity index (χ3n) is 2.81. The molecule has 0 aromatic carbocycles. The molecule has 8 heteroatoms. The van der Waals surface area contributed by atoms with Crippen LogP contribution in [0.3, 0.4) is 0 Å². The standard InChI is InChI=1S/C13H19N3O2S3/c1-4-5-14-7-11-12(9(2)8-19-11)21(17,18)16-13-15-6-10(3)20-13/h6,8,14H,4-5,7H2,1-3H3,(H,15,16). The Hall–Kier alpha value is -0.960. The fourth-order valence-electron chi connectivity index (χ4n) is 1.92. The lowest BCUT2D eigenvalue weighted by molar-refractivity contribution is 0.598. The fourth-order valence-corrected chi connectivity index (χ4v) is 5.61. The molecule has 2 rings (SSSR count). The van der Waals surface area contributed by atoms with Gasteiger partial charge in [-0.05, 0) is 37.8 Å². The SMILES string of the molecule is CCCNCc1scc(C)c1S(=O)(=O)Nc1ncc(C)s1. The van der Waals surface area contributed by atoms with Gasteiger partial charge in [-0.3, -0.25) is 4.72 Å². The van der Waals surface area contributed by atoms with Gasteiger partial charge in [0, 0.05) is 22.5 Å². The number of thiazole rings is 1. The van der Waals surface area contributed by atoms with Crippen LogP contribution in [0.4, 0.5) is 5.13 Å². The first kappa shape index (κ1) is 16.4. The topological polar surface area (TPSA) is 71.1 Å². The molecule has 2 heterocycles. The van der Waals surface area contributed by atoms with Crippen molar-refractivity contribution in [2.24, 2.45) is 0 Å². The molecule has 0 saturated carbocycles. The summed E-state index contributed by atoms with van der Waals surface area (Å²) in [5.74, 6) is 0. The van der Waals surface area contributed by atoms with Gasteiger partial charge in [-0.15, -0.1) is 22.7 Å². The molecule has 2 N–H and O–H groups in total. The summed E-state index contributed by atoms with van der Waals surface area (Å²) < 4.78 is 27.7. The Bertz CT molecular complexity index is 704. The van der Waals surface area contributed by atoms with Gasteiger partial charge in [-0.2, -0.15) is 0 Å². The third-order valence-corrected chi connectivity index (χ3v) is 6.57. The molecule has 0 bridgehead atoms. The van der Waals surface area contributed by atoms with Crippen molar-refractivity contribution in [2.45, 2.75) is 38.6 Å². The van der Waals surface area contributed by atoms with Crippen molar-refractivity contribution in [3.05, 3.63) is 26.9 Å². The van der Waals surface area contributed by atoms with Gasteiger partial charge in [0.15, 0.2) is 5.13 Å². The number of rotatable bonds is 7. The molecule has 0 atom stereocenters. The highest BCUT2D eigenvalue weighted by molar-refractivity contribution is 7.93. The van der Waals surface area contributed by atoms with E-state index in [-0.39, 0.29) is 0 Å². The molecule has 2 aromatic heterocycles. The molecule has 2 aromatic rings. The predicted molar refractivity (Wildman–Crippen MR) is 88.7 cm³/mol. The monoisotopic (exact) mass is 345 g/mol. The molecule has 0 unspecified atom stereocenters. The zero-order valence-electron chi connectivity index (χ0n) is 12.3. The lowest BCUT2D eigenvalue weighted by Gasteiger charge is -2.08. The second-order valence-corrected chi connectivity index (χ2v) is 8.55. The van der Waals surface area contributed by atoms with Crippen LogP contribution in [0.1, 0.15) is 28.7 Å². The maximum absolute atomic E-state index is 12.6. The quantitative estimate of drug-likeness (QED) is 0.756. The van der Waals surface area contributed by atoms with E-state index in [0.717, 1.165) is 28.3 Å². The molecular formula is C13H19N3O2S3. The molecule has 0 aliphatic rings. The molecule has 0 saturated heterocycles. The first-order valence-electron chi connectivity index (χ1n) is 6.67. The Kier molecular flexibility index (Phi) is 5.37. The van der Waals surface area contributed by atoms with E-state index in [2.05, 4.69) is 21.9 Å². The molecule has 116 valence electrons. The Morgan fingerprint density at radius 3 is 2.71 bits per heavy atom. The van der Waals surface area contributed by atoms with Crippen LogP contribution in [0.25, 0.3) is 0 Å². The van der Waals surface area contributed by atoms with Crippen LogP contribution in [0.15, 0.2) is 16.5 Å². The smallest absolute Gasteiger partial charge is 0.265 e. The summed E-state index contributed by atoms with van der Waals surface area (Å²) in [6.07, 6.45) is 2.68. The summed E-state index contributed by atoms with van der Waals surface area (Å²) >= 11 is 2.80. The number of thiophene rings is 1. The van der Waals surface area contributed by atoms with E-state index in [1.165, 1.54) is 22.7 Å². The van der Waals surface area contributed by atoms with E-state index in [4.69, 9.17) is 0 Å². The molecule has 5 nitrogen and oxygen atoms in total. The largest absolute Gasteiger partial charge is 0.312 e. The average Bonchev–Trinajstić information content (AvgIpc) is 2.96. The number of anilines is 1. The van der Waals surface area contributed by atoms with Crippen LogP contribution >= 0.6 is 22.7 Å². The lowest BCUT2D eigenvalue weighted by Crippen LogP contribution is -2.18. The van der Waals surface area contributed by atoms with E-state index < -0.39 is 10.0 Å².